The first-order valence-corrected chi connectivity index (χ1v) is 5.10. The van der Waals surface area contributed by atoms with Crippen LogP contribution in [0.1, 0.15) is 10.5 Å². The number of hydrogen-bond donors (Lipinski definition) is 1. The van der Waals surface area contributed by atoms with E-state index in [0.29, 0.717) is 10.9 Å². The number of aromatic carboxylic acids is 1. The van der Waals surface area contributed by atoms with Gasteiger partial charge < -0.3 is 14.4 Å². The second-order valence-corrected chi connectivity index (χ2v) is 3.91. The number of carboxylic acid groups (broad SMARTS) is 1. The number of benzene rings is 1. The van der Waals surface area contributed by atoms with Gasteiger partial charge in [-0.1, -0.05) is 11.6 Å². The Morgan fingerprint density at radius 3 is 2.71 bits per heavy atom. The number of fused-ring (bicyclic) bond motifs is 1. The van der Waals surface area contributed by atoms with Gasteiger partial charge in [-0.15, -0.1) is 0 Å². The molecule has 0 radical (unpaired) electrons. The molecule has 1 aromatic carbocycles. The lowest BCUT2D eigenvalue weighted by Crippen LogP contribution is -2.03. The molecule has 0 aliphatic carbocycles. The van der Waals surface area contributed by atoms with Crippen LogP contribution in [0.2, 0.25) is 5.02 Å². The van der Waals surface area contributed by atoms with Gasteiger partial charge in [0.2, 0.25) is 0 Å². The number of carboxylic acids is 1. The van der Waals surface area contributed by atoms with E-state index in [0.717, 1.165) is 0 Å². The van der Waals surface area contributed by atoms with Gasteiger partial charge in [0.25, 0.3) is 0 Å². The van der Waals surface area contributed by atoms with Gasteiger partial charge in [-0.3, -0.25) is 0 Å². The van der Waals surface area contributed by atoms with Crippen molar-refractivity contribution in [2.45, 2.75) is 0 Å². The third kappa shape index (κ3) is 1.63. The summed E-state index contributed by atoms with van der Waals surface area (Å²) in [4.78, 5) is 11.0. The molecular formula is C11H9ClFNO3. The molecule has 0 aliphatic heterocycles. The lowest BCUT2D eigenvalue weighted by atomic mass is 10.2. The Balaban J connectivity index is 2.88. The first-order chi connectivity index (χ1) is 7.97. The maximum absolute atomic E-state index is 13.7. The second-order valence-electron chi connectivity index (χ2n) is 3.53. The van der Waals surface area contributed by atoms with Crippen molar-refractivity contribution in [1.82, 2.24) is 4.57 Å². The van der Waals surface area contributed by atoms with Crippen LogP contribution in [0.3, 0.4) is 0 Å². The molecule has 4 nitrogen and oxygen atoms in total. The van der Waals surface area contributed by atoms with Crippen LogP contribution in [0, 0.1) is 5.82 Å². The quantitative estimate of drug-likeness (QED) is 0.900. The van der Waals surface area contributed by atoms with Crippen LogP contribution in [0.4, 0.5) is 4.39 Å². The molecule has 90 valence electrons. The van der Waals surface area contributed by atoms with E-state index in [-0.39, 0.29) is 16.5 Å². The zero-order valence-corrected chi connectivity index (χ0v) is 9.88. The summed E-state index contributed by atoms with van der Waals surface area (Å²) in [6.45, 7) is 0. The van der Waals surface area contributed by atoms with Crippen molar-refractivity contribution in [3.63, 3.8) is 0 Å². The SMILES string of the molecule is COc1cc2c(cc(C(=O)O)n2C)c(Cl)c1F. The highest BCUT2D eigenvalue weighted by Crippen LogP contribution is 2.34. The van der Waals surface area contributed by atoms with Crippen molar-refractivity contribution in [2.75, 3.05) is 7.11 Å². The van der Waals surface area contributed by atoms with E-state index in [1.165, 1.54) is 23.8 Å². The third-order valence-electron chi connectivity index (χ3n) is 2.63. The zero-order chi connectivity index (χ0) is 12.7. The van der Waals surface area contributed by atoms with Crippen LogP contribution in [0.25, 0.3) is 10.9 Å². The average molecular weight is 258 g/mol. The van der Waals surface area contributed by atoms with Gasteiger partial charge in [0, 0.05) is 18.5 Å². The van der Waals surface area contributed by atoms with Gasteiger partial charge in [0.05, 0.1) is 17.6 Å². The molecule has 0 bridgehead atoms. The standard InChI is InChI=1S/C11H9ClFNO3/c1-14-6-4-8(17-2)10(13)9(12)5(6)3-7(14)11(15)16/h3-4H,1-2H3,(H,15,16). The van der Waals surface area contributed by atoms with Crippen LogP contribution in [-0.4, -0.2) is 22.8 Å². The molecule has 6 heteroatoms. The largest absolute Gasteiger partial charge is 0.494 e. The molecule has 1 aromatic heterocycles. The molecule has 0 saturated carbocycles. The molecule has 0 atom stereocenters. The molecule has 0 aliphatic rings. The summed E-state index contributed by atoms with van der Waals surface area (Å²) in [6.07, 6.45) is 0. The predicted molar refractivity (Wildman–Crippen MR) is 61.4 cm³/mol. The molecule has 0 unspecified atom stereocenters. The Kier molecular flexibility index (Phi) is 2.71. The normalized spacial score (nSPS) is 10.8. The average Bonchev–Trinajstić information content (AvgIpc) is 2.61. The van der Waals surface area contributed by atoms with Gasteiger partial charge in [0.1, 0.15) is 5.69 Å². The monoisotopic (exact) mass is 257 g/mol. The maximum atomic E-state index is 13.7. The van der Waals surface area contributed by atoms with Gasteiger partial charge >= 0.3 is 5.97 Å². The van der Waals surface area contributed by atoms with E-state index in [1.54, 1.807) is 7.05 Å². The molecule has 0 amide bonds. The van der Waals surface area contributed by atoms with E-state index in [1.807, 2.05) is 0 Å². The van der Waals surface area contributed by atoms with E-state index in [2.05, 4.69) is 0 Å². The Labute approximate surface area is 101 Å². The number of hydrogen-bond acceptors (Lipinski definition) is 2. The Morgan fingerprint density at radius 1 is 1.53 bits per heavy atom. The van der Waals surface area contributed by atoms with Crippen molar-refractivity contribution in [3.8, 4) is 5.75 Å². The molecule has 2 aromatic rings. The van der Waals surface area contributed by atoms with Crippen LogP contribution in [-0.2, 0) is 7.05 Å². The fourth-order valence-electron chi connectivity index (χ4n) is 1.74. The van der Waals surface area contributed by atoms with E-state index in [4.69, 9.17) is 21.4 Å². The number of nitrogens with zero attached hydrogens (tertiary/aromatic N) is 1. The number of aryl methyl sites for hydroxylation is 1. The molecule has 17 heavy (non-hydrogen) atoms. The predicted octanol–water partition coefficient (Wildman–Crippen LogP) is 2.68. The first-order valence-electron chi connectivity index (χ1n) is 4.72. The summed E-state index contributed by atoms with van der Waals surface area (Å²) in [5, 5.41) is 9.18. The summed E-state index contributed by atoms with van der Waals surface area (Å²) < 4.78 is 19.9. The van der Waals surface area contributed by atoms with Gasteiger partial charge in [-0.25, -0.2) is 9.18 Å². The molecule has 1 N–H and O–H groups in total. The number of ether oxygens (including phenoxy) is 1. The minimum absolute atomic E-state index is 0.0133. The number of aromatic nitrogens is 1. The van der Waals surface area contributed by atoms with E-state index in [9.17, 15) is 9.18 Å². The fraction of sp³-hybridized carbons (Fsp3) is 0.182. The highest BCUT2D eigenvalue weighted by atomic mass is 35.5. The molecule has 1 heterocycles. The van der Waals surface area contributed by atoms with Crippen LogP contribution in [0.15, 0.2) is 12.1 Å². The first kappa shape index (κ1) is 11.7. The van der Waals surface area contributed by atoms with Crippen LogP contribution >= 0.6 is 11.6 Å². The summed E-state index contributed by atoms with van der Waals surface area (Å²) in [5.41, 5.74) is 0.542. The van der Waals surface area contributed by atoms with Crippen molar-refractivity contribution in [2.24, 2.45) is 7.05 Å². The number of methoxy groups -OCH3 is 1. The topological polar surface area (TPSA) is 51.5 Å². The van der Waals surface area contributed by atoms with E-state index < -0.39 is 11.8 Å². The van der Waals surface area contributed by atoms with E-state index >= 15 is 0 Å². The molecule has 2 rings (SSSR count). The van der Waals surface area contributed by atoms with Gasteiger partial charge in [-0.05, 0) is 6.07 Å². The molecule has 0 saturated heterocycles. The maximum Gasteiger partial charge on any atom is 0.352 e. The Bertz CT molecular complexity index is 621. The van der Waals surface area contributed by atoms with Crippen molar-refractivity contribution >= 4 is 28.5 Å². The number of rotatable bonds is 2. The van der Waals surface area contributed by atoms with Crippen molar-refractivity contribution in [1.29, 1.82) is 0 Å². The summed E-state index contributed by atoms with van der Waals surface area (Å²) in [6, 6.07) is 2.76. The molecule has 0 fully saturated rings. The Hall–Kier alpha value is -1.75. The molecular weight excluding hydrogens is 249 g/mol. The third-order valence-corrected chi connectivity index (χ3v) is 3.00. The Morgan fingerprint density at radius 2 is 2.18 bits per heavy atom. The fourth-order valence-corrected chi connectivity index (χ4v) is 1.98. The van der Waals surface area contributed by atoms with Crippen molar-refractivity contribution in [3.05, 3.63) is 28.7 Å². The number of halogens is 2. The zero-order valence-electron chi connectivity index (χ0n) is 9.12. The van der Waals surface area contributed by atoms with Gasteiger partial charge in [0.15, 0.2) is 11.6 Å². The van der Waals surface area contributed by atoms with Crippen molar-refractivity contribution < 1.29 is 19.0 Å². The van der Waals surface area contributed by atoms with Crippen LogP contribution < -0.4 is 4.74 Å². The minimum Gasteiger partial charge on any atom is -0.494 e. The second kappa shape index (κ2) is 3.92. The lowest BCUT2D eigenvalue weighted by molar-refractivity contribution is 0.0687. The number of carbonyl (C=O) groups is 1. The van der Waals surface area contributed by atoms with Gasteiger partial charge in [-0.2, -0.15) is 0 Å². The lowest BCUT2D eigenvalue weighted by Gasteiger charge is -2.06. The highest BCUT2D eigenvalue weighted by molar-refractivity contribution is 6.36. The van der Waals surface area contributed by atoms with Crippen LogP contribution in [0.5, 0.6) is 5.75 Å². The summed E-state index contributed by atoms with van der Waals surface area (Å²) in [5.74, 6) is -1.80. The summed E-state index contributed by atoms with van der Waals surface area (Å²) in [7, 11) is 2.89. The molecule has 0 spiro atoms. The minimum atomic E-state index is -1.10. The smallest absolute Gasteiger partial charge is 0.352 e. The summed E-state index contributed by atoms with van der Waals surface area (Å²) >= 11 is 5.84. The highest BCUT2D eigenvalue weighted by Gasteiger charge is 2.19.